The lowest BCUT2D eigenvalue weighted by molar-refractivity contribution is -0.121. The Kier molecular flexibility index (Phi) is 5.72. The van der Waals surface area contributed by atoms with Gasteiger partial charge in [-0.1, -0.05) is 0 Å². The van der Waals surface area contributed by atoms with Crippen LogP contribution in [0.15, 0.2) is 32.9 Å². The molecule has 1 amide bonds. The average Bonchev–Trinajstić information content (AvgIpc) is 2.55. The zero-order valence-electron chi connectivity index (χ0n) is 13.8. The summed E-state index contributed by atoms with van der Waals surface area (Å²) < 4.78 is 4.97. The summed E-state index contributed by atoms with van der Waals surface area (Å²) in [4.78, 5) is 39.2. The Morgan fingerprint density at radius 3 is 2.80 bits per heavy atom. The van der Waals surface area contributed by atoms with Gasteiger partial charge < -0.3 is 14.8 Å². The molecule has 1 heterocycles. The van der Waals surface area contributed by atoms with Gasteiger partial charge in [0.2, 0.25) is 5.91 Å². The first-order valence-electron chi connectivity index (χ1n) is 7.41. The molecule has 132 valence electrons. The lowest BCUT2D eigenvalue weighted by Gasteiger charge is -2.04. The summed E-state index contributed by atoms with van der Waals surface area (Å²) in [6.45, 7) is 1.60. The number of H-pyrrole nitrogens is 2. The fraction of sp³-hybridized carbons (Fsp3) is 0.250. The van der Waals surface area contributed by atoms with E-state index in [9.17, 15) is 19.5 Å². The number of hydrazone groups is 1. The van der Waals surface area contributed by atoms with Crippen LogP contribution < -0.4 is 21.4 Å². The molecule has 9 nitrogen and oxygen atoms in total. The van der Waals surface area contributed by atoms with E-state index < -0.39 is 11.2 Å². The number of carbonyl (C=O) groups is 1. The van der Waals surface area contributed by atoms with Gasteiger partial charge in [0, 0.05) is 17.7 Å². The van der Waals surface area contributed by atoms with E-state index in [0.717, 1.165) is 0 Å². The molecule has 0 spiro atoms. The number of rotatable bonds is 6. The van der Waals surface area contributed by atoms with Gasteiger partial charge in [0.25, 0.3) is 5.56 Å². The highest BCUT2D eigenvalue weighted by Crippen LogP contribution is 2.25. The van der Waals surface area contributed by atoms with Crippen molar-refractivity contribution in [2.24, 2.45) is 5.10 Å². The molecule has 9 heteroatoms. The molecule has 0 atom stereocenters. The normalized spacial score (nSPS) is 10.8. The summed E-state index contributed by atoms with van der Waals surface area (Å²) in [7, 11) is 1.43. The van der Waals surface area contributed by atoms with E-state index in [1.807, 2.05) is 0 Å². The molecule has 1 aromatic carbocycles. The quantitative estimate of drug-likeness (QED) is 0.436. The van der Waals surface area contributed by atoms with Gasteiger partial charge in [-0.3, -0.25) is 14.6 Å². The number of aromatic nitrogens is 2. The topological polar surface area (TPSA) is 137 Å². The number of aryl methyl sites for hydroxylation is 1. The first-order chi connectivity index (χ1) is 11.9. The lowest BCUT2D eigenvalue weighted by Crippen LogP contribution is -2.28. The van der Waals surface area contributed by atoms with Crippen LogP contribution in [-0.2, 0) is 11.2 Å². The number of nitrogens with zero attached hydrogens (tertiary/aromatic N) is 1. The van der Waals surface area contributed by atoms with Crippen molar-refractivity contribution in [1.82, 2.24) is 15.4 Å². The zero-order chi connectivity index (χ0) is 18.4. The van der Waals surface area contributed by atoms with Gasteiger partial charge in [-0.05, 0) is 37.1 Å². The molecule has 0 unspecified atom stereocenters. The standard InChI is InChI=1S/C16H18N4O5/c1-9-11(15(23)19-16(24)18-9)4-6-14(22)20-17-8-10-3-5-12(21)13(7-10)25-2/h3,5,7-8,21H,4,6H2,1-2H3,(H,20,22)(H2,18,19,23,24)/b17-8+. The number of aromatic hydroxyl groups is 1. The molecular formula is C16H18N4O5. The van der Waals surface area contributed by atoms with Crippen molar-refractivity contribution in [3.8, 4) is 11.5 Å². The molecule has 4 N–H and O–H groups in total. The predicted octanol–water partition coefficient (Wildman–Crippen LogP) is 0.169. The first kappa shape index (κ1) is 18.0. The fourth-order valence-corrected chi connectivity index (χ4v) is 2.17. The summed E-state index contributed by atoms with van der Waals surface area (Å²) >= 11 is 0. The number of hydrogen-bond acceptors (Lipinski definition) is 6. The van der Waals surface area contributed by atoms with E-state index >= 15 is 0 Å². The first-order valence-corrected chi connectivity index (χ1v) is 7.41. The minimum atomic E-state index is -0.579. The van der Waals surface area contributed by atoms with Crippen LogP contribution in [0.25, 0.3) is 0 Å². The molecule has 0 aliphatic rings. The highest BCUT2D eigenvalue weighted by Gasteiger charge is 2.08. The number of phenols is 1. The average molecular weight is 346 g/mol. The second-order valence-electron chi connectivity index (χ2n) is 5.24. The molecule has 25 heavy (non-hydrogen) atoms. The van der Waals surface area contributed by atoms with E-state index in [1.165, 1.54) is 19.4 Å². The van der Waals surface area contributed by atoms with Crippen molar-refractivity contribution < 1.29 is 14.6 Å². The van der Waals surface area contributed by atoms with Crippen LogP contribution in [0.1, 0.15) is 23.2 Å². The Morgan fingerprint density at radius 2 is 2.12 bits per heavy atom. The molecule has 0 aliphatic heterocycles. The number of amides is 1. The second-order valence-corrected chi connectivity index (χ2v) is 5.24. The minimum Gasteiger partial charge on any atom is -0.504 e. The largest absolute Gasteiger partial charge is 0.504 e. The van der Waals surface area contributed by atoms with E-state index in [0.29, 0.717) is 22.6 Å². The van der Waals surface area contributed by atoms with Crippen LogP contribution in [-0.4, -0.2) is 34.3 Å². The SMILES string of the molecule is COc1cc(/C=N/NC(=O)CCc2c(C)[nH]c(=O)[nH]c2=O)ccc1O. The molecule has 0 aliphatic carbocycles. The van der Waals surface area contributed by atoms with Crippen molar-refractivity contribution in [2.45, 2.75) is 19.8 Å². The number of carbonyl (C=O) groups excluding carboxylic acids is 1. The van der Waals surface area contributed by atoms with Gasteiger partial charge in [0.1, 0.15) is 0 Å². The molecule has 0 fully saturated rings. The fourth-order valence-electron chi connectivity index (χ4n) is 2.17. The molecule has 1 aromatic heterocycles. The molecule has 0 bridgehead atoms. The van der Waals surface area contributed by atoms with Crippen molar-refractivity contribution >= 4 is 12.1 Å². The maximum absolute atomic E-state index is 11.8. The maximum Gasteiger partial charge on any atom is 0.325 e. The maximum atomic E-state index is 11.8. The number of ether oxygens (including phenoxy) is 1. The van der Waals surface area contributed by atoms with Crippen LogP contribution in [0.4, 0.5) is 0 Å². The van der Waals surface area contributed by atoms with Gasteiger partial charge in [-0.25, -0.2) is 10.2 Å². The predicted molar refractivity (Wildman–Crippen MR) is 91.1 cm³/mol. The highest BCUT2D eigenvalue weighted by molar-refractivity contribution is 5.83. The Labute approximate surface area is 142 Å². The van der Waals surface area contributed by atoms with Crippen molar-refractivity contribution in [2.75, 3.05) is 7.11 Å². The summed E-state index contributed by atoms with van der Waals surface area (Å²) in [6, 6.07) is 4.62. The van der Waals surface area contributed by atoms with Gasteiger partial charge in [-0.15, -0.1) is 0 Å². The Hall–Kier alpha value is -3.36. The third-order valence-electron chi connectivity index (χ3n) is 3.46. The van der Waals surface area contributed by atoms with Gasteiger partial charge >= 0.3 is 5.69 Å². The van der Waals surface area contributed by atoms with Gasteiger partial charge in [-0.2, -0.15) is 5.10 Å². The van der Waals surface area contributed by atoms with Crippen molar-refractivity contribution in [1.29, 1.82) is 0 Å². The number of aromatic amines is 2. The molecule has 0 radical (unpaired) electrons. The minimum absolute atomic E-state index is 0.00480. The Bertz CT molecular complexity index is 913. The lowest BCUT2D eigenvalue weighted by atomic mass is 10.1. The Balaban J connectivity index is 1.93. The van der Waals surface area contributed by atoms with Crippen LogP contribution in [0, 0.1) is 6.92 Å². The number of nitrogens with one attached hydrogen (secondary N) is 3. The summed E-state index contributed by atoms with van der Waals surface area (Å²) in [6.07, 6.45) is 1.61. The summed E-state index contributed by atoms with van der Waals surface area (Å²) in [5, 5.41) is 13.3. The van der Waals surface area contributed by atoms with Gasteiger partial charge in [0.05, 0.1) is 13.3 Å². The monoisotopic (exact) mass is 346 g/mol. The number of benzene rings is 1. The van der Waals surface area contributed by atoms with E-state index in [1.54, 1.807) is 19.1 Å². The summed E-state index contributed by atoms with van der Waals surface area (Å²) in [5.74, 6) is -0.0831. The number of methoxy groups -OCH3 is 1. The van der Waals surface area contributed by atoms with Crippen LogP contribution in [0.3, 0.4) is 0 Å². The number of phenolic OH excluding ortho intramolecular Hbond substituents is 1. The third kappa shape index (κ3) is 4.80. The molecule has 0 saturated carbocycles. The van der Waals surface area contributed by atoms with E-state index in [4.69, 9.17) is 4.74 Å². The van der Waals surface area contributed by atoms with Gasteiger partial charge in [0.15, 0.2) is 11.5 Å². The third-order valence-corrected chi connectivity index (χ3v) is 3.46. The molecule has 2 rings (SSSR count). The van der Waals surface area contributed by atoms with Crippen LogP contribution in [0.2, 0.25) is 0 Å². The van der Waals surface area contributed by atoms with Crippen molar-refractivity contribution in [3.63, 3.8) is 0 Å². The Morgan fingerprint density at radius 1 is 1.36 bits per heavy atom. The highest BCUT2D eigenvalue weighted by atomic mass is 16.5. The smallest absolute Gasteiger partial charge is 0.325 e. The van der Waals surface area contributed by atoms with E-state index in [2.05, 4.69) is 20.5 Å². The second kappa shape index (κ2) is 7.95. The van der Waals surface area contributed by atoms with Crippen LogP contribution in [0.5, 0.6) is 11.5 Å². The van der Waals surface area contributed by atoms with E-state index in [-0.39, 0.29) is 24.5 Å². The number of hydrogen-bond donors (Lipinski definition) is 4. The van der Waals surface area contributed by atoms with Crippen molar-refractivity contribution in [3.05, 3.63) is 55.9 Å². The molecule has 0 saturated heterocycles. The molecular weight excluding hydrogens is 328 g/mol. The zero-order valence-corrected chi connectivity index (χ0v) is 13.8. The van der Waals surface area contributed by atoms with Crippen LogP contribution >= 0.6 is 0 Å². The summed E-state index contributed by atoms with van der Waals surface area (Å²) in [5.41, 5.74) is 2.67. The molecule has 2 aromatic rings.